The largest absolute Gasteiger partial charge is 0.473 e. The molecule has 0 aromatic carbocycles. The number of nitrogens with one attached hydrogen (secondary N) is 2. The zero-order valence-electron chi connectivity index (χ0n) is 15.7. The van der Waals surface area contributed by atoms with Crippen molar-refractivity contribution in [1.82, 2.24) is 14.7 Å². The second kappa shape index (κ2) is 8.09. The van der Waals surface area contributed by atoms with Crippen molar-refractivity contribution in [3.05, 3.63) is 45.9 Å². The summed E-state index contributed by atoms with van der Waals surface area (Å²) in [5, 5.41) is 9.01. The predicted molar refractivity (Wildman–Crippen MR) is 112 cm³/mol. The van der Waals surface area contributed by atoms with Crippen molar-refractivity contribution < 1.29 is 4.74 Å². The van der Waals surface area contributed by atoms with Crippen LogP contribution in [0.3, 0.4) is 0 Å². The first-order valence-corrected chi connectivity index (χ1v) is 10.6. The molecule has 1 fully saturated rings. The van der Waals surface area contributed by atoms with Gasteiger partial charge < -0.3 is 15.4 Å². The van der Waals surface area contributed by atoms with Crippen molar-refractivity contribution in [3.63, 3.8) is 0 Å². The van der Waals surface area contributed by atoms with Crippen LogP contribution in [0.5, 0.6) is 5.88 Å². The topological polar surface area (TPSA) is 49.4 Å². The zero-order valence-corrected chi connectivity index (χ0v) is 17.2. The van der Waals surface area contributed by atoms with E-state index >= 15 is 0 Å². The monoisotopic (exact) mass is 404 g/mol. The van der Waals surface area contributed by atoms with Gasteiger partial charge in [0.1, 0.15) is 11.8 Å². The Kier molecular flexibility index (Phi) is 5.57. The van der Waals surface area contributed by atoms with Crippen LogP contribution in [-0.2, 0) is 6.54 Å². The molecule has 3 heterocycles. The summed E-state index contributed by atoms with van der Waals surface area (Å²) < 4.78 is 8.05. The fraction of sp³-hybridized carbons (Fsp3) is 0.450. The minimum atomic E-state index is 0.215. The number of thiophene rings is 1. The molecular weight excluding hydrogens is 380 g/mol. The number of aromatic nitrogens is 1. The molecule has 0 radical (unpaired) electrons. The number of allylic oxidation sites excluding steroid dienone is 1. The first-order valence-electron chi connectivity index (χ1n) is 9.42. The van der Waals surface area contributed by atoms with Crippen LogP contribution in [0.2, 0.25) is 0 Å². The maximum atomic E-state index is 6.42. The molecule has 1 aliphatic carbocycles. The molecule has 0 bridgehead atoms. The van der Waals surface area contributed by atoms with Crippen LogP contribution in [0, 0.1) is 0 Å². The lowest BCUT2D eigenvalue weighted by Crippen LogP contribution is -2.34. The minimum Gasteiger partial charge on any atom is -0.473 e. The van der Waals surface area contributed by atoms with Crippen molar-refractivity contribution in [2.45, 2.75) is 51.3 Å². The van der Waals surface area contributed by atoms with Crippen molar-refractivity contribution in [2.75, 3.05) is 12.4 Å². The molecule has 2 N–H and O–H groups in total. The minimum absolute atomic E-state index is 0.215. The first kappa shape index (κ1) is 18.6. The van der Waals surface area contributed by atoms with E-state index in [-0.39, 0.29) is 6.10 Å². The highest BCUT2D eigenvalue weighted by Gasteiger charge is 2.25. The van der Waals surface area contributed by atoms with E-state index in [1.807, 2.05) is 26.1 Å². The number of pyridine rings is 1. The fourth-order valence-corrected chi connectivity index (χ4v) is 4.89. The number of hydrogen-bond acceptors (Lipinski definition) is 6. The number of nitrogens with zero attached hydrogens (tertiary/aromatic N) is 2. The van der Waals surface area contributed by atoms with E-state index in [1.165, 1.54) is 10.4 Å². The molecule has 1 aliphatic heterocycles. The van der Waals surface area contributed by atoms with Gasteiger partial charge in [-0.05, 0) is 63.2 Å². The molecule has 4 rings (SSSR count). The average Bonchev–Trinajstić information content (AvgIpc) is 3.15. The summed E-state index contributed by atoms with van der Waals surface area (Å²) in [6, 6.07) is 6.69. The molecule has 1 saturated carbocycles. The Labute approximate surface area is 169 Å². The molecule has 7 heteroatoms. The number of rotatable bonds is 5. The van der Waals surface area contributed by atoms with Crippen LogP contribution in [0.15, 0.2) is 35.5 Å². The lowest BCUT2D eigenvalue weighted by Gasteiger charge is -2.30. The van der Waals surface area contributed by atoms with E-state index < -0.39 is 0 Å². The van der Waals surface area contributed by atoms with E-state index in [2.05, 4.69) is 27.1 Å². The van der Waals surface area contributed by atoms with Crippen LogP contribution in [0.25, 0.3) is 5.70 Å². The number of ether oxygens (including phenoxy) is 1. The van der Waals surface area contributed by atoms with Crippen LogP contribution in [0.1, 0.15) is 43.0 Å². The van der Waals surface area contributed by atoms with E-state index in [1.54, 1.807) is 22.0 Å². The molecule has 0 spiro atoms. The Balaban J connectivity index is 1.54. The predicted octanol–water partition coefficient (Wildman–Crippen LogP) is 4.82. The molecule has 2 aromatic heterocycles. The molecule has 0 amide bonds. The van der Waals surface area contributed by atoms with Gasteiger partial charge >= 0.3 is 0 Å². The Morgan fingerprint density at radius 1 is 1.26 bits per heavy atom. The van der Waals surface area contributed by atoms with Gasteiger partial charge in [0.15, 0.2) is 0 Å². The Morgan fingerprint density at radius 3 is 2.85 bits per heavy atom. The molecule has 5 nitrogen and oxygen atoms in total. The maximum absolute atomic E-state index is 6.42. The smallest absolute Gasteiger partial charge is 0.237 e. The second-order valence-corrected chi connectivity index (χ2v) is 8.51. The van der Waals surface area contributed by atoms with Gasteiger partial charge in [0, 0.05) is 34.5 Å². The van der Waals surface area contributed by atoms with Gasteiger partial charge in [0.2, 0.25) is 5.88 Å². The highest BCUT2D eigenvalue weighted by atomic mass is 35.5. The summed E-state index contributed by atoms with van der Waals surface area (Å²) in [5.74, 6) is 0.661. The van der Waals surface area contributed by atoms with E-state index in [0.29, 0.717) is 11.9 Å². The highest BCUT2D eigenvalue weighted by molar-refractivity contribution is 7.10. The molecule has 144 valence electrons. The van der Waals surface area contributed by atoms with Crippen LogP contribution >= 0.6 is 23.1 Å². The molecule has 27 heavy (non-hydrogen) atoms. The Hall–Kier alpha value is -1.76. The van der Waals surface area contributed by atoms with Gasteiger partial charge in [-0.3, -0.25) is 4.42 Å². The number of fused-ring (bicyclic) bond motifs is 1. The molecule has 2 aromatic rings. The third-order valence-corrected chi connectivity index (χ3v) is 6.69. The summed E-state index contributed by atoms with van der Waals surface area (Å²) in [7, 11) is 2.03. The Bertz CT molecular complexity index is 829. The summed E-state index contributed by atoms with van der Waals surface area (Å²) in [5.41, 5.74) is 4.11. The third-order valence-electron chi connectivity index (χ3n) is 5.41. The van der Waals surface area contributed by atoms with Gasteiger partial charge in [0.25, 0.3) is 0 Å². The maximum Gasteiger partial charge on any atom is 0.237 e. The van der Waals surface area contributed by atoms with Crippen molar-refractivity contribution >= 4 is 34.5 Å². The van der Waals surface area contributed by atoms with Gasteiger partial charge in [-0.15, -0.1) is 11.3 Å². The van der Waals surface area contributed by atoms with Crippen LogP contribution in [-0.4, -0.2) is 28.6 Å². The zero-order chi connectivity index (χ0) is 18.8. The molecule has 0 unspecified atom stereocenters. The van der Waals surface area contributed by atoms with Crippen molar-refractivity contribution in [1.29, 1.82) is 0 Å². The van der Waals surface area contributed by atoms with Gasteiger partial charge in [-0.2, -0.15) is 0 Å². The van der Waals surface area contributed by atoms with Gasteiger partial charge in [0.05, 0.1) is 17.9 Å². The number of halogens is 1. The lowest BCUT2D eigenvalue weighted by molar-refractivity contribution is 0.137. The van der Waals surface area contributed by atoms with Gasteiger partial charge in [-0.1, -0.05) is 0 Å². The molecule has 0 saturated heterocycles. The summed E-state index contributed by atoms with van der Waals surface area (Å²) in [6.07, 6.45) is 6.38. The summed E-state index contributed by atoms with van der Waals surface area (Å²) in [4.78, 5) is 5.76. The fourth-order valence-electron chi connectivity index (χ4n) is 3.75. The first-order chi connectivity index (χ1) is 13.2. The summed E-state index contributed by atoms with van der Waals surface area (Å²) in [6.45, 7) is 2.77. The quantitative estimate of drug-likeness (QED) is 0.699. The van der Waals surface area contributed by atoms with Crippen molar-refractivity contribution in [2.24, 2.45) is 0 Å². The molecular formula is C20H25ClN4OS. The number of anilines is 1. The normalized spacial score (nSPS) is 22.6. The van der Waals surface area contributed by atoms with Crippen LogP contribution < -0.4 is 15.4 Å². The van der Waals surface area contributed by atoms with E-state index in [9.17, 15) is 0 Å². The molecule has 0 atom stereocenters. The van der Waals surface area contributed by atoms with Crippen LogP contribution in [0.4, 0.5) is 5.69 Å². The SMILES string of the molecule is CNC1CCC(Oc2ncccc2NC2=C(C)N(Cl)Cc3sccc32)CC1. The van der Waals surface area contributed by atoms with Crippen molar-refractivity contribution in [3.8, 4) is 5.88 Å². The second-order valence-electron chi connectivity index (χ2n) is 7.10. The lowest BCUT2D eigenvalue weighted by atomic mass is 9.93. The van der Waals surface area contributed by atoms with E-state index in [4.69, 9.17) is 16.5 Å². The molecule has 2 aliphatic rings. The van der Waals surface area contributed by atoms with E-state index in [0.717, 1.165) is 49.3 Å². The highest BCUT2D eigenvalue weighted by Crippen LogP contribution is 2.38. The standard InChI is InChI=1S/C20H25ClN4OS/c1-13-19(16-9-11-27-18(16)12-25(13)21)24-17-4-3-10-23-20(17)26-15-7-5-14(22-2)6-8-15/h3-4,9-11,14-15,22,24H,5-8,12H2,1-2H3. The average molecular weight is 405 g/mol. The number of hydrogen-bond donors (Lipinski definition) is 2. The summed E-state index contributed by atoms with van der Waals surface area (Å²) >= 11 is 8.15. The van der Waals surface area contributed by atoms with Gasteiger partial charge in [-0.25, -0.2) is 4.98 Å². The Morgan fingerprint density at radius 2 is 2.07 bits per heavy atom. The third kappa shape index (κ3) is 3.93.